The molecule has 0 spiro atoms. The topological polar surface area (TPSA) is 101 Å². The number of nitrogens with zero attached hydrogens (tertiary/aromatic N) is 2. The van der Waals surface area contributed by atoms with E-state index in [4.69, 9.17) is 0 Å². The average molecular weight is 443 g/mol. The molecule has 2 aromatic carbocycles. The average Bonchev–Trinajstić information content (AvgIpc) is 2.93. The number of aliphatic hydroxyl groups is 1. The zero-order chi connectivity index (χ0) is 20.4. The van der Waals surface area contributed by atoms with Gasteiger partial charge in [-0.1, -0.05) is 46.3 Å². The molecular weight excluding hydrogens is 428 g/mol. The molecule has 1 N–H and O–H groups in total. The molecule has 1 saturated heterocycles. The van der Waals surface area contributed by atoms with Crippen molar-refractivity contribution in [2.75, 3.05) is 6.54 Å². The summed E-state index contributed by atoms with van der Waals surface area (Å²) in [6.07, 6.45) is 1.45. The van der Waals surface area contributed by atoms with Crippen LogP contribution < -0.4 is 0 Å². The number of non-ortho nitro benzene ring substituents is 1. The number of carbonyl (C=O) groups excluding carboxylic acids is 2. The van der Waals surface area contributed by atoms with E-state index in [1.54, 1.807) is 30.3 Å². The Morgan fingerprint density at radius 1 is 1.25 bits per heavy atom. The second kappa shape index (κ2) is 7.77. The van der Waals surface area contributed by atoms with Gasteiger partial charge in [0.05, 0.1) is 16.5 Å². The Balaban J connectivity index is 2.22. The minimum Gasteiger partial charge on any atom is -0.507 e. The van der Waals surface area contributed by atoms with Gasteiger partial charge < -0.3 is 10.0 Å². The fourth-order valence-electron chi connectivity index (χ4n) is 3.13. The summed E-state index contributed by atoms with van der Waals surface area (Å²) >= 11 is 3.30. The lowest BCUT2D eigenvalue weighted by Crippen LogP contribution is -2.29. The second-order valence-electron chi connectivity index (χ2n) is 6.10. The van der Waals surface area contributed by atoms with Gasteiger partial charge in [-0.3, -0.25) is 19.7 Å². The van der Waals surface area contributed by atoms with Crippen LogP contribution in [0.2, 0.25) is 0 Å². The Morgan fingerprint density at radius 2 is 1.93 bits per heavy atom. The number of rotatable bonds is 5. The molecule has 7 nitrogen and oxygen atoms in total. The first kappa shape index (κ1) is 19.5. The lowest BCUT2D eigenvalue weighted by atomic mass is 9.95. The van der Waals surface area contributed by atoms with Crippen molar-refractivity contribution >= 4 is 39.1 Å². The van der Waals surface area contributed by atoms with Crippen molar-refractivity contribution in [2.45, 2.75) is 6.04 Å². The third kappa shape index (κ3) is 3.46. The number of Topliss-reactive ketones (excluding diaryl/α,β-unsaturated/α-hetero) is 1. The number of aliphatic hydroxyl groups excluding tert-OH is 1. The van der Waals surface area contributed by atoms with Crippen molar-refractivity contribution in [3.8, 4) is 0 Å². The molecule has 1 aliphatic heterocycles. The molecule has 0 bridgehead atoms. The zero-order valence-corrected chi connectivity index (χ0v) is 16.1. The third-order valence-electron chi connectivity index (χ3n) is 4.38. The summed E-state index contributed by atoms with van der Waals surface area (Å²) < 4.78 is 0.784. The van der Waals surface area contributed by atoms with E-state index >= 15 is 0 Å². The number of amides is 1. The van der Waals surface area contributed by atoms with E-state index in [0.717, 1.165) is 4.47 Å². The molecule has 0 aromatic heterocycles. The van der Waals surface area contributed by atoms with Crippen molar-refractivity contribution in [3.63, 3.8) is 0 Å². The van der Waals surface area contributed by atoms with Crippen LogP contribution in [0.5, 0.6) is 0 Å². The van der Waals surface area contributed by atoms with Gasteiger partial charge in [0.2, 0.25) is 0 Å². The van der Waals surface area contributed by atoms with E-state index in [9.17, 15) is 24.8 Å². The number of benzene rings is 2. The smallest absolute Gasteiger partial charge is 0.295 e. The molecule has 2 aromatic rings. The van der Waals surface area contributed by atoms with Crippen LogP contribution in [0.25, 0.3) is 5.76 Å². The predicted octanol–water partition coefficient (Wildman–Crippen LogP) is 3.97. The Morgan fingerprint density at radius 3 is 2.54 bits per heavy atom. The van der Waals surface area contributed by atoms with Crippen molar-refractivity contribution < 1.29 is 19.6 Å². The molecule has 28 heavy (non-hydrogen) atoms. The van der Waals surface area contributed by atoms with Crippen LogP contribution in [-0.4, -0.2) is 33.2 Å². The highest BCUT2D eigenvalue weighted by Gasteiger charge is 2.45. The quantitative estimate of drug-likeness (QED) is 0.188. The number of hydrogen-bond acceptors (Lipinski definition) is 5. The molecule has 0 saturated carbocycles. The zero-order valence-electron chi connectivity index (χ0n) is 14.5. The van der Waals surface area contributed by atoms with E-state index < -0.39 is 22.7 Å². The van der Waals surface area contributed by atoms with Crippen molar-refractivity contribution in [3.05, 3.63) is 92.5 Å². The molecule has 1 aliphatic rings. The van der Waals surface area contributed by atoms with E-state index in [2.05, 4.69) is 22.5 Å². The number of nitro groups is 1. The SMILES string of the molecule is C=CCN1C(=O)C(=O)C(=C(O)c2ccc(Br)cc2)C1c1cccc([N+](=O)[O-])c1. The highest BCUT2D eigenvalue weighted by Crippen LogP contribution is 2.40. The molecule has 1 amide bonds. The highest BCUT2D eigenvalue weighted by molar-refractivity contribution is 9.10. The Kier molecular flexibility index (Phi) is 5.41. The van der Waals surface area contributed by atoms with Gasteiger partial charge in [-0.25, -0.2) is 0 Å². The number of hydrogen-bond donors (Lipinski definition) is 1. The van der Waals surface area contributed by atoms with E-state index in [1.165, 1.54) is 29.2 Å². The summed E-state index contributed by atoms with van der Waals surface area (Å²) in [5.74, 6) is -1.98. The van der Waals surface area contributed by atoms with Crippen molar-refractivity contribution in [1.29, 1.82) is 0 Å². The molecule has 1 fully saturated rings. The highest BCUT2D eigenvalue weighted by atomic mass is 79.9. The summed E-state index contributed by atoms with van der Waals surface area (Å²) in [5, 5.41) is 21.9. The summed E-state index contributed by atoms with van der Waals surface area (Å²) in [4.78, 5) is 37.1. The number of ketones is 1. The summed E-state index contributed by atoms with van der Waals surface area (Å²) in [7, 11) is 0. The molecular formula is C20H15BrN2O5. The predicted molar refractivity (Wildman–Crippen MR) is 106 cm³/mol. The Labute approximate surface area is 168 Å². The number of nitro benzene ring substituents is 1. The minimum absolute atomic E-state index is 0.0506. The molecule has 3 rings (SSSR count). The Bertz CT molecular complexity index is 1010. The van der Waals surface area contributed by atoms with Gasteiger partial charge in [0, 0.05) is 28.7 Å². The lowest BCUT2D eigenvalue weighted by molar-refractivity contribution is -0.384. The first-order valence-corrected chi connectivity index (χ1v) is 9.04. The van der Waals surface area contributed by atoms with Crippen molar-refractivity contribution in [2.24, 2.45) is 0 Å². The van der Waals surface area contributed by atoms with Gasteiger partial charge in [-0.15, -0.1) is 6.58 Å². The maximum Gasteiger partial charge on any atom is 0.295 e. The van der Waals surface area contributed by atoms with Crippen LogP contribution in [0.3, 0.4) is 0 Å². The summed E-state index contributed by atoms with van der Waals surface area (Å²) in [6.45, 7) is 3.65. The summed E-state index contributed by atoms with van der Waals surface area (Å²) in [6, 6.07) is 11.3. The van der Waals surface area contributed by atoms with E-state index in [-0.39, 0.29) is 23.6 Å². The fraction of sp³-hybridized carbons (Fsp3) is 0.100. The maximum atomic E-state index is 12.7. The van der Waals surface area contributed by atoms with Crippen LogP contribution in [0.1, 0.15) is 17.2 Å². The van der Waals surface area contributed by atoms with Gasteiger partial charge in [0.15, 0.2) is 0 Å². The van der Waals surface area contributed by atoms with E-state index in [1.807, 2.05) is 0 Å². The van der Waals surface area contributed by atoms with Gasteiger partial charge in [-0.2, -0.15) is 0 Å². The molecule has 0 radical (unpaired) electrons. The van der Waals surface area contributed by atoms with Crippen LogP contribution in [0.4, 0.5) is 5.69 Å². The fourth-order valence-corrected chi connectivity index (χ4v) is 3.39. The standard InChI is InChI=1S/C20H15BrN2O5/c1-2-10-22-17(13-4-3-5-15(11-13)23(27)28)16(19(25)20(22)26)18(24)12-6-8-14(21)9-7-12/h2-9,11,17,24H,1,10H2. The van der Waals surface area contributed by atoms with Gasteiger partial charge in [-0.05, 0) is 17.7 Å². The second-order valence-corrected chi connectivity index (χ2v) is 7.01. The monoisotopic (exact) mass is 442 g/mol. The van der Waals surface area contributed by atoms with Gasteiger partial charge in [0.25, 0.3) is 17.4 Å². The van der Waals surface area contributed by atoms with E-state index in [0.29, 0.717) is 11.1 Å². The van der Waals surface area contributed by atoms with Gasteiger partial charge >= 0.3 is 0 Å². The molecule has 1 atom stereocenters. The molecule has 1 heterocycles. The molecule has 0 aliphatic carbocycles. The van der Waals surface area contributed by atoms with Crippen LogP contribution >= 0.6 is 15.9 Å². The van der Waals surface area contributed by atoms with Gasteiger partial charge in [0.1, 0.15) is 5.76 Å². The van der Waals surface area contributed by atoms with Crippen molar-refractivity contribution in [1.82, 2.24) is 4.90 Å². The molecule has 142 valence electrons. The number of carbonyl (C=O) groups is 2. The van der Waals surface area contributed by atoms with Crippen LogP contribution in [-0.2, 0) is 9.59 Å². The maximum absolute atomic E-state index is 12.7. The van der Waals surface area contributed by atoms with Crippen LogP contribution in [0, 0.1) is 10.1 Å². The lowest BCUT2D eigenvalue weighted by Gasteiger charge is -2.23. The third-order valence-corrected chi connectivity index (χ3v) is 4.91. The number of likely N-dealkylation sites (tertiary alicyclic amines) is 1. The summed E-state index contributed by atoms with van der Waals surface area (Å²) in [5.41, 5.74) is 0.421. The minimum atomic E-state index is -0.957. The number of halogens is 1. The normalized spacial score (nSPS) is 18.3. The van der Waals surface area contributed by atoms with Crippen LogP contribution in [0.15, 0.2) is 71.2 Å². The largest absolute Gasteiger partial charge is 0.507 e. The first-order valence-electron chi connectivity index (χ1n) is 8.24. The molecule has 1 unspecified atom stereocenters. The first-order chi connectivity index (χ1) is 13.3. The Hall–Kier alpha value is -3.26. The molecule has 8 heteroatoms.